The molecule has 0 amide bonds. The molecule has 0 saturated heterocycles. The molecule has 9 nitrogen and oxygen atoms in total. The van der Waals surface area contributed by atoms with Crippen LogP contribution in [0.25, 0.3) is 11.4 Å². The Hall–Kier alpha value is -3.37. The minimum absolute atomic E-state index is 0.0345. The predicted molar refractivity (Wildman–Crippen MR) is 105 cm³/mol. The first-order valence-corrected chi connectivity index (χ1v) is 10.0. The standard InChI is InChI=1S/C19H18N4O5S/c1-3-11-22(29(26,27)17-6-4-5-16(12-17)23(24)25)13-18-20-19(21-28-18)15-9-7-14(2)8-10-15/h3-10,12H,1,11,13H2,2H3. The Bertz CT molecular complexity index is 1140. The molecule has 150 valence electrons. The molecule has 0 aliphatic rings. The smallest absolute Gasteiger partial charge is 0.270 e. The number of nitro groups is 1. The van der Waals surface area contributed by atoms with Crippen molar-refractivity contribution in [3.63, 3.8) is 0 Å². The number of hydrogen-bond donors (Lipinski definition) is 0. The molecular weight excluding hydrogens is 396 g/mol. The first-order valence-electron chi connectivity index (χ1n) is 8.56. The van der Waals surface area contributed by atoms with Gasteiger partial charge in [0, 0.05) is 24.2 Å². The molecule has 0 aliphatic heterocycles. The van der Waals surface area contributed by atoms with E-state index in [4.69, 9.17) is 4.52 Å². The van der Waals surface area contributed by atoms with Crippen LogP contribution in [0, 0.1) is 17.0 Å². The molecule has 0 fully saturated rings. The summed E-state index contributed by atoms with van der Waals surface area (Å²) in [6, 6.07) is 12.3. The van der Waals surface area contributed by atoms with Gasteiger partial charge < -0.3 is 4.52 Å². The fraction of sp³-hybridized carbons (Fsp3) is 0.158. The zero-order valence-electron chi connectivity index (χ0n) is 15.6. The van der Waals surface area contributed by atoms with E-state index in [-0.39, 0.29) is 29.6 Å². The number of hydrogen-bond acceptors (Lipinski definition) is 7. The second-order valence-corrected chi connectivity index (χ2v) is 8.16. The highest BCUT2D eigenvalue weighted by Gasteiger charge is 2.27. The van der Waals surface area contributed by atoms with Crippen LogP contribution in [-0.4, -0.2) is 34.3 Å². The molecule has 3 rings (SSSR count). The van der Waals surface area contributed by atoms with Gasteiger partial charge in [-0.05, 0) is 13.0 Å². The topological polar surface area (TPSA) is 119 Å². The molecule has 0 N–H and O–H groups in total. The van der Waals surface area contributed by atoms with Crippen LogP contribution in [0.4, 0.5) is 5.69 Å². The zero-order chi connectivity index (χ0) is 21.0. The van der Waals surface area contributed by atoms with Gasteiger partial charge in [-0.2, -0.15) is 9.29 Å². The molecular formula is C19H18N4O5S. The first kappa shape index (κ1) is 20.4. The van der Waals surface area contributed by atoms with Crippen molar-refractivity contribution in [1.82, 2.24) is 14.4 Å². The van der Waals surface area contributed by atoms with Crippen molar-refractivity contribution in [2.45, 2.75) is 18.4 Å². The van der Waals surface area contributed by atoms with Crippen LogP contribution in [0.15, 0.2) is 70.6 Å². The summed E-state index contributed by atoms with van der Waals surface area (Å²) in [6.07, 6.45) is 1.41. The quantitative estimate of drug-likeness (QED) is 0.315. The molecule has 0 atom stereocenters. The lowest BCUT2D eigenvalue weighted by atomic mass is 10.1. The summed E-state index contributed by atoms with van der Waals surface area (Å²) in [7, 11) is -4.05. The summed E-state index contributed by atoms with van der Waals surface area (Å²) >= 11 is 0. The van der Waals surface area contributed by atoms with Gasteiger partial charge in [-0.15, -0.1) is 6.58 Å². The van der Waals surface area contributed by atoms with Crippen molar-refractivity contribution in [2.75, 3.05) is 6.54 Å². The third-order valence-electron chi connectivity index (χ3n) is 4.09. The number of aromatic nitrogens is 2. The van der Waals surface area contributed by atoms with E-state index in [0.717, 1.165) is 21.5 Å². The Labute approximate surface area is 167 Å². The molecule has 2 aromatic carbocycles. The summed E-state index contributed by atoms with van der Waals surface area (Å²) in [5, 5.41) is 14.9. The maximum Gasteiger partial charge on any atom is 0.270 e. The van der Waals surface area contributed by atoms with Gasteiger partial charge in [0.1, 0.15) is 0 Å². The number of rotatable bonds is 8. The van der Waals surface area contributed by atoms with Gasteiger partial charge in [-0.3, -0.25) is 10.1 Å². The van der Waals surface area contributed by atoms with E-state index >= 15 is 0 Å². The molecule has 0 radical (unpaired) electrons. The molecule has 29 heavy (non-hydrogen) atoms. The number of non-ortho nitro benzene ring substituents is 1. The number of nitrogens with zero attached hydrogens (tertiary/aromatic N) is 4. The van der Waals surface area contributed by atoms with Crippen molar-refractivity contribution in [3.8, 4) is 11.4 Å². The van der Waals surface area contributed by atoms with E-state index in [9.17, 15) is 18.5 Å². The van der Waals surface area contributed by atoms with E-state index in [0.29, 0.717) is 5.82 Å². The van der Waals surface area contributed by atoms with Gasteiger partial charge in [0.05, 0.1) is 16.4 Å². The normalized spacial score (nSPS) is 11.5. The van der Waals surface area contributed by atoms with Gasteiger partial charge in [0.15, 0.2) is 0 Å². The van der Waals surface area contributed by atoms with Crippen LogP contribution < -0.4 is 0 Å². The van der Waals surface area contributed by atoms with Crippen LogP contribution >= 0.6 is 0 Å². The Balaban J connectivity index is 1.88. The molecule has 1 aromatic heterocycles. The maximum absolute atomic E-state index is 13.0. The average Bonchev–Trinajstić information content (AvgIpc) is 3.17. The third-order valence-corrected chi connectivity index (χ3v) is 5.90. The summed E-state index contributed by atoms with van der Waals surface area (Å²) in [6.45, 7) is 5.30. The maximum atomic E-state index is 13.0. The minimum atomic E-state index is -4.05. The predicted octanol–water partition coefficient (Wildman–Crippen LogP) is 3.33. The van der Waals surface area contributed by atoms with Crippen LogP contribution in [0.2, 0.25) is 0 Å². The second-order valence-electron chi connectivity index (χ2n) is 6.22. The zero-order valence-corrected chi connectivity index (χ0v) is 16.4. The molecule has 0 saturated carbocycles. The van der Waals surface area contributed by atoms with Crippen LogP contribution in [0.5, 0.6) is 0 Å². The van der Waals surface area contributed by atoms with E-state index in [1.807, 2.05) is 31.2 Å². The molecule has 0 bridgehead atoms. The SMILES string of the molecule is C=CCN(Cc1nc(-c2ccc(C)cc2)no1)S(=O)(=O)c1cccc([N+](=O)[O-])c1. The Morgan fingerprint density at radius 2 is 1.97 bits per heavy atom. The Morgan fingerprint density at radius 3 is 2.62 bits per heavy atom. The van der Waals surface area contributed by atoms with Gasteiger partial charge in [0.2, 0.25) is 21.7 Å². The van der Waals surface area contributed by atoms with E-state index in [1.54, 1.807) is 0 Å². The van der Waals surface area contributed by atoms with E-state index < -0.39 is 14.9 Å². The summed E-state index contributed by atoms with van der Waals surface area (Å²) in [5.74, 6) is 0.433. The number of sulfonamides is 1. The fourth-order valence-corrected chi connectivity index (χ4v) is 3.99. The second kappa shape index (κ2) is 8.33. The van der Waals surface area contributed by atoms with Crippen LogP contribution in [0.3, 0.4) is 0 Å². The number of benzene rings is 2. The lowest BCUT2D eigenvalue weighted by Crippen LogP contribution is -2.31. The van der Waals surface area contributed by atoms with Crippen molar-refractivity contribution in [1.29, 1.82) is 0 Å². The number of aryl methyl sites for hydroxylation is 1. The lowest BCUT2D eigenvalue weighted by molar-refractivity contribution is -0.385. The molecule has 0 unspecified atom stereocenters. The highest BCUT2D eigenvalue weighted by Crippen LogP contribution is 2.23. The minimum Gasteiger partial charge on any atom is -0.338 e. The molecule has 0 aliphatic carbocycles. The summed E-state index contributed by atoms with van der Waals surface area (Å²) < 4.78 is 32.2. The van der Waals surface area contributed by atoms with Crippen molar-refractivity contribution in [3.05, 3.63) is 82.8 Å². The lowest BCUT2D eigenvalue weighted by Gasteiger charge is -2.18. The van der Waals surface area contributed by atoms with Crippen LogP contribution in [0.1, 0.15) is 11.5 Å². The van der Waals surface area contributed by atoms with Gasteiger partial charge in [-0.25, -0.2) is 8.42 Å². The molecule has 10 heteroatoms. The van der Waals surface area contributed by atoms with Crippen molar-refractivity contribution >= 4 is 15.7 Å². The van der Waals surface area contributed by atoms with Gasteiger partial charge in [-0.1, -0.05) is 47.1 Å². The molecule has 1 heterocycles. The summed E-state index contributed by atoms with van der Waals surface area (Å²) in [5.41, 5.74) is 1.50. The Morgan fingerprint density at radius 1 is 1.24 bits per heavy atom. The van der Waals surface area contributed by atoms with Gasteiger partial charge in [0.25, 0.3) is 5.69 Å². The molecule has 3 aromatic rings. The monoisotopic (exact) mass is 414 g/mol. The van der Waals surface area contributed by atoms with E-state index in [1.165, 1.54) is 24.3 Å². The Kier molecular flexibility index (Phi) is 5.85. The van der Waals surface area contributed by atoms with Gasteiger partial charge >= 0.3 is 0 Å². The molecule has 0 spiro atoms. The summed E-state index contributed by atoms with van der Waals surface area (Å²) in [4.78, 5) is 14.4. The van der Waals surface area contributed by atoms with Crippen molar-refractivity contribution < 1.29 is 17.9 Å². The number of nitro benzene ring substituents is 1. The van der Waals surface area contributed by atoms with E-state index in [2.05, 4.69) is 16.7 Å². The van der Waals surface area contributed by atoms with Crippen molar-refractivity contribution in [2.24, 2.45) is 0 Å². The fourth-order valence-electron chi connectivity index (χ4n) is 2.59. The highest BCUT2D eigenvalue weighted by atomic mass is 32.2. The highest BCUT2D eigenvalue weighted by molar-refractivity contribution is 7.89. The van der Waals surface area contributed by atoms with Crippen LogP contribution in [-0.2, 0) is 16.6 Å². The third kappa shape index (κ3) is 4.55. The first-order chi connectivity index (χ1) is 13.8. The average molecular weight is 414 g/mol. The largest absolute Gasteiger partial charge is 0.338 e.